The normalized spacial score (nSPS) is 25.3. The van der Waals surface area contributed by atoms with Gasteiger partial charge in [-0.2, -0.15) is 0 Å². The molecule has 1 fully saturated rings. The number of hydrogen-bond acceptors (Lipinski definition) is 2. The molecule has 1 N–H and O–H groups in total. The summed E-state index contributed by atoms with van der Waals surface area (Å²) >= 11 is 0. The van der Waals surface area contributed by atoms with E-state index in [-0.39, 0.29) is 0 Å². The van der Waals surface area contributed by atoms with E-state index < -0.39 is 0 Å². The second-order valence-corrected chi connectivity index (χ2v) is 5.31. The van der Waals surface area contributed by atoms with Gasteiger partial charge in [-0.15, -0.1) is 0 Å². The van der Waals surface area contributed by atoms with Gasteiger partial charge in [0.15, 0.2) is 0 Å². The van der Waals surface area contributed by atoms with Crippen LogP contribution in [0.5, 0.6) is 0 Å². The summed E-state index contributed by atoms with van der Waals surface area (Å²) in [6.07, 6.45) is 1.20. The van der Waals surface area contributed by atoms with Crippen molar-refractivity contribution >= 4 is 5.69 Å². The predicted molar refractivity (Wildman–Crippen MR) is 74.5 cm³/mol. The van der Waals surface area contributed by atoms with E-state index >= 15 is 0 Å². The molecule has 2 unspecified atom stereocenters. The van der Waals surface area contributed by atoms with E-state index in [0.29, 0.717) is 18.0 Å². The molecule has 0 radical (unpaired) electrons. The summed E-state index contributed by atoms with van der Waals surface area (Å²) in [5.41, 5.74) is 1.37. The fraction of sp³-hybridized carbons (Fsp3) is 0.600. The van der Waals surface area contributed by atoms with Crippen LogP contribution in [0.2, 0.25) is 0 Å². The molecule has 2 rings (SSSR count). The second kappa shape index (κ2) is 5.54. The van der Waals surface area contributed by atoms with E-state index in [2.05, 4.69) is 61.3 Å². The minimum Gasteiger partial charge on any atom is -0.365 e. The van der Waals surface area contributed by atoms with Crippen LogP contribution in [0.15, 0.2) is 30.3 Å². The van der Waals surface area contributed by atoms with Crippen molar-refractivity contribution in [3.63, 3.8) is 0 Å². The Bertz CT molecular complexity index is 334. The average molecular weight is 232 g/mol. The summed E-state index contributed by atoms with van der Waals surface area (Å²) < 4.78 is 0. The monoisotopic (exact) mass is 232 g/mol. The molecule has 2 atom stereocenters. The Morgan fingerprint density at radius 2 is 2.00 bits per heavy atom. The lowest BCUT2D eigenvalue weighted by Crippen LogP contribution is -2.58. The highest BCUT2D eigenvalue weighted by Crippen LogP contribution is 2.23. The number of nitrogens with zero attached hydrogens (tertiary/aromatic N) is 1. The zero-order valence-corrected chi connectivity index (χ0v) is 11.2. The molecule has 94 valence electrons. The summed E-state index contributed by atoms with van der Waals surface area (Å²) in [7, 11) is 0. The molecule has 0 aliphatic carbocycles. The largest absolute Gasteiger partial charge is 0.365 e. The van der Waals surface area contributed by atoms with E-state index in [9.17, 15) is 0 Å². The summed E-state index contributed by atoms with van der Waals surface area (Å²) in [5.74, 6) is 0.681. The molecule has 2 heteroatoms. The average Bonchev–Trinajstić information content (AvgIpc) is 2.39. The number of para-hydroxylation sites is 1. The predicted octanol–water partition coefficient (Wildman–Crippen LogP) is 2.90. The Morgan fingerprint density at radius 1 is 1.29 bits per heavy atom. The minimum atomic E-state index is 0.611. The number of piperazine rings is 1. The Balaban J connectivity index is 2.19. The molecule has 1 aliphatic rings. The topological polar surface area (TPSA) is 15.3 Å². The Kier molecular flexibility index (Phi) is 4.06. The molecular weight excluding hydrogens is 208 g/mol. The van der Waals surface area contributed by atoms with Crippen LogP contribution in [0.25, 0.3) is 0 Å². The van der Waals surface area contributed by atoms with Crippen molar-refractivity contribution in [1.29, 1.82) is 0 Å². The highest BCUT2D eigenvalue weighted by atomic mass is 15.2. The number of hydrogen-bond donors (Lipinski definition) is 1. The van der Waals surface area contributed by atoms with Crippen LogP contribution in [0.4, 0.5) is 5.69 Å². The van der Waals surface area contributed by atoms with E-state index in [0.717, 1.165) is 13.1 Å². The van der Waals surface area contributed by atoms with E-state index in [1.165, 1.54) is 12.1 Å². The van der Waals surface area contributed by atoms with Gasteiger partial charge in [0.2, 0.25) is 0 Å². The van der Waals surface area contributed by atoms with Crippen molar-refractivity contribution in [2.75, 3.05) is 18.0 Å². The highest BCUT2D eigenvalue weighted by Gasteiger charge is 2.28. The molecular formula is C15H24N2. The van der Waals surface area contributed by atoms with Gasteiger partial charge < -0.3 is 10.2 Å². The molecule has 0 saturated carbocycles. The fourth-order valence-corrected chi connectivity index (χ4v) is 2.62. The maximum absolute atomic E-state index is 3.66. The second-order valence-electron chi connectivity index (χ2n) is 5.31. The Morgan fingerprint density at radius 3 is 2.59 bits per heavy atom. The van der Waals surface area contributed by atoms with Crippen LogP contribution in [0.3, 0.4) is 0 Å². The summed E-state index contributed by atoms with van der Waals surface area (Å²) in [6.45, 7) is 9.12. The van der Waals surface area contributed by atoms with Crippen LogP contribution in [0.1, 0.15) is 27.2 Å². The molecule has 1 aromatic rings. The van der Waals surface area contributed by atoms with Crippen LogP contribution >= 0.6 is 0 Å². The number of nitrogens with one attached hydrogen (secondary N) is 1. The van der Waals surface area contributed by atoms with Crippen LogP contribution in [-0.2, 0) is 0 Å². The lowest BCUT2D eigenvalue weighted by molar-refractivity contribution is 0.333. The first-order valence-electron chi connectivity index (χ1n) is 6.77. The third kappa shape index (κ3) is 2.81. The molecule has 0 bridgehead atoms. The van der Waals surface area contributed by atoms with Crippen molar-refractivity contribution in [2.24, 2.45) is 5.92 Å². The van der Waals surface area contributed by atoms with Gasteiger partial charge in [-0.05, 0) is 24.5 Å². The zero-order chi connectivity index (χ0) is 12.3. The summed E-state index contributed by atoms with van der Waals surface area (Å²) in [4.78, 5) is 2.58. The Labute approximate surface area is 105 Å². The first kappa shape index (κ1) is 12.4. The standard InChI is InChI=1S/C15H24N2/c1-4-13-11-17(14-8-6-5-7-9-14)15(10-16-13)12(2)3/h5-9,12-13,15-16H,4,10-11H2,1-3H3. The maximum Gasteiger partial charge on any atom is 0.0438 e. The van der Waals surface area contributed by atoms with Crippen molar-refractivity contribution in [2.45, 2.75) is 39.3 Å². The van der Waals surface area contributed by atoms with Crippen molar-refractivity contribution in [3.05, 3.63) is 30.3 Å². The summed E-state index contributed by atoms with van der Waals surface area (Å²) in [6, 6.07) is 12.1. The van der Waals surface area contributed by atoms with Crippen LogP contribution < -0.4 is 10.2 Å². The molecule has 1 aliphatic heterocycles. The number of rotatable bonds is 3. The minimum absolute atomic E-state index is 0.611. The molecule has 0 aromatic heterocycles. The fourth-order valence-electron chi connectivity index (χ4n) is 2.62. The number of anilines is 1. The van der Waals surface area contributed by atoms with Gasteiger partial charge in [0, 0.05) is 30.9 Å². The lowest BCUT2D eigenvalue weighted by atomic mass is 9.97. The molecule has 17 heavy (non-hydrogen) atoms. The van der Waals surface area contributed by atoms with Crippen molar-refractivity contribution < 1.29 is 0 Å². The molecule has 1 aromatic carbocycles. The van der Waals surface area contributed by atoms with E-state index in [1.54, 1.807) is 0 Å². The molecule has 0 amide bonds. The van der Waals surface area contributed by atoms with Gasteiger partial charge in [-0.1, -0.05) is 39.0 Å². The van der Waals surface area contributed by atoms with Crippen molar-refractivity contribution in [3.8, 4) is 0 Å². The van der Waals surface area contributed by atoms with Gasteiger partial charge in [0.05, 0.1) is 0 Å². The van der Waals surface area contributed by atoms with Gasteiger partial charge in [-0.25, -0.2) is 0 Å². The lowest BCUT2D eigenvalue weighted by Gasteiger charge is -2.43. The first-order valence-corrected chi connectivity index (χ1v) is 6.77. The SMILES string of the molecule is CCC1CN(c2ccccc2)C(C(C)C)CN1. The molecule has 2 nitrogen and oxygen atoms in total. The maximum atomic E-state index is 3.66. The smallest absolute Gasteiger partial charge is 0.0438 e. The molecule has 0 spiro atoms. The van der Waals surface area contributed by atoms with E-state index in [1.807, 2.05) is 0 Å². The zero-order valence-electron chi connectivity index (χ0n) is 11.2. The van der Waals surface area contributed by atoms with Gasteiger partial charge in [-0.3, -0.25) is 0 Å². The van der Waals surface area contributed by atoms with Gasteiger partial charge in [0.1, 0.15) is 0 Å². The van der Waals surface area contributed by atoms with Gasteiger partial charge >= 0.3 is 0 Å². The van der Waals surface area contributed by atoms with Crippen LogP contribution in [-0.4, -0.2) is 25.2 Å². The third-order valence-corrected chi connectivity index (χ3v) is 3.78. The number of benzene rings is 1. The summed E-state index contributed by atoms with van der Waals surface area (Å²) in [5, 5.41) is 3.66. The third-order valence-electron chi connectivity index (χ3n) is 3.78. The van der Waals surface area contributed by atoms with Crippen LogP contribution in [0, 0.1) is 5.92 Å². The molecule has 1 heterocycles. The molecule has 1 saturated heterocycles. The van der Waals surface area contributed by atoms with Crippen molar-refractivity contribution in [1.82, 2.24) is 5.32 Å². The van der Waals surface area contributed by atoms with E-state index in [4.69, 9.17) is 0 Å². The quantitative estimate of drug-likeness (QED) is 0.862. The highest BCUT2D eigenvalue weighted by molar-refractivity contribution is 5.48. The van der Waals surface area contributed by atoms with Gasteiger partial charge in [0.25, 0.3) is 0 Å². The Hall–Kier alpha value is -1.02. The first-order chi connectivity index (χ1) is 8.22.